The second-order valence-corrected chi connectivity index (χ2v) is 4.39. The fourth-order valence-corrected chi connectivity index (χ4v) is 1.65. The second kappa shape index (κ2) is 6.76. The van der Waals surface area contributed by atoms with Crippen LogP contribution in [-0.4, -0.2) is 25.0 Å². The summed E-state index contributed by atoms with van der Waals surface area (Å²) in [6, 6.07) is 8.77. The molecule has 1 aromatic rings. The van der Waals surface area contributed by atoms with E-state index in [0.717, 1.165) is 5.56 Å². The lowest BCUT2D eigenvalue weighted by molar-refractivity contribution is -0.709. The maximum absolute atomic E-state index is 12.0. The van der Waals surface area contributed by atoms with E-state index in [9.17, 15) is 9.59 Å². The fourth-order valence-electron chi connectivity index (χ4n) is 1.65. The van der Waals surface area contributed by atoms with Crippen LogP contribution in [0.5, 0.6) is 0 Å². The first-order valence-corrected chi connectivity index (χ1v) is 5.97. The van der Waals surface area contributed by atoms with Gasteiger partial charge in [-0.15, -0.1) is 0 Å². The number of imide groups is 1. The molecule has 3 amide bonds. The minimum Gasteiger partial charge on any atom is -0.341 e. The molecule has 0 fully saturated rings. The normalized spacial score (nSPS) is 12.0. The summed E-state index contributed by atoms with van der Waals surface area (Å²) in [5.41, 5.74) is 0.882. The molecule has 0 spiro atoms. The molecule has 1 atom stereocenters. The van der Waals surface area contributed by atoms with Crippen molar-refractivity contribution in [1.82, 2.24) is 10.6 Å². The van der Waals surface area contributed by atoms with Crippen molar-refractivity contribution in [2.45, 2.75) is 25.9 Å². The van der Waals surface area contributed by atoms with Crippen LogP contribution in [0.2, 0.25) is 0 Å². The number of carbonyl (C=O) groups is 2. The van der Waals surface area contributed by atoms with Gasteiger partial charge >= 0.3 is 6.03 Å². The number of nitrogens with two attached hydrogens (primary N) is 1. The van der Waals surface area contributed by atoms with Crippen LogP contribution in [-0.2, 0) is 4.79 Å². The molecule has 0 saturated carbocycles. The molecule has 18 heavy (non-hydrogen) atoms. The van der Waals surface area contributed by atoms with Crippen molar-refractivity contribution in [3.63, 3.8) is 0 Å². The number of benzene rings is 1. The molecule has 0 heterocycles. The third-order valence-corrected chi connectivity index (χ3v) is 2.48. The first-order valence-electron chi connectivity index (χ1n) is 5.97. The molecular weight excluding hydrogens is 230 g/mol. The predicted octanol–water partition coefficient (Wildman–Crippen LogP) is 0.155. The molecule has 4 N–H and O–H groups in total. The van der Waals surface area contributed by atoms with Gasteiger partial charge in [0.05, 0.1) is 6.04 Å². The summed E-state index contributed by atoms with van der Waals surface area (Å²) in [5, 5.41) is 6.61. The molecule has 0 radical (unpaired) electrons. The van der Waals surface area contributed by atoms with Crippen molar-refractivity contribution in [1.29, 1.82) is 0 Å². The number of urea groups is 1. The molecule has 0 saturated heterocycles. The van der Waals surface area contributed by atoms with Gasteiger partial charge in [-0.1, -0.05) is 30.3 Å². The van der Waals surface area contributed by atoms with Crippen molar-refractivity contribution in [2.75, 3.05) is 7.05 Å². The molecule has 1 aromatic carbocycles. The standard InChI is InChI=1S/C13H19N3O2/c1-9(2)15-11(10-7-5-4-6-8-10)12(17)16-13(18)14-3/h4-9,11,15H,1-3H3,(H2,14,16,17,18)/p+1/t11-/m0/s1. The van der Waals surface area contributed by atoms with Crippen molar-refractivity contribution in [3.8, 4) is 0 Å². The van der Waals surface area contributed by atoms with Crippen LogP contribution in [0.1, 0.15) is 25.5 Å². The monoisotopic (exact) mass is 250 g/mol. The zero-order valence-electron chi connectivity index (χ0n) is 10.9. The van der Waals surface area contributed by atoms with E-state index in [1.807, 2.05) is 49.5 Å². The summed E-state index contributed by atoms with van der Waals surface area (Å²) in [5.74, 6) is -0.311. The average Bonchev–Trinajstić information content (AvgIpc) is 2.36. The Morgan fingerprint density at radius 2 is 1.78 bits per heavy atom. The van der Waals surface area contributed by atoms with Gasteiger partial charge in [-0.25, -0.2) is 4.79 Å². The van der Waals surface area contributed by atoms with Crippen LogP contribution >= 0.6 is 0 Å². The molecule has 0 aromatic heterocycles. The zero-order valence-corrected chi connectivity index (χ0v) is 10.9. The highest BCUT2D eigenvalue weighted by molar-refractivity contribution is 5.96. The van der Waals surface area contributed by atoms with Gasteiger partial charge in [-0.3, -0.25) is 10.1 Å². The van der Waals surface area contributed by atoms with Gasteiger partial charge in [-0.2, -0.15) is 0 Å². The number of amides is 3. The number of hydrogen-bond acceptors (Lipinski definition) is 2. The number of carbonyl (C=O) groups excluding carboxylic acids is 2. The molecule has 0 unspecified atom stereocenters. The SMILES string of the molecule is CNC(=O)NC(=O)[C@@H]([NH2+]C(C)C)c1ccccc1. The molecule has 0 aliphatic heterocycles. The van der Waals surface area contributed by atoms with Crippen LogP contribution in [0.3, 0.4) is 0 Å². The molecule has 0 aliphatic rings. The van der Waals surface area contributed by atoms with Crippen LogP contribution in [0.4, 0.5) is 4.79 Å². The lowest BCUT2D eigenvalue weighted by Crippen LogP contribution is -2.91. The van der Waals surface area contributed by atoms with Crippen molar-refractivity contribution in [2.24, 2.45) is 0 Å². The molecule has 5 nitrogen and oxygen atoms in total. The summed E-state index contributed by atoms with van der Waals surface area (Å²) in [6.07, 6.45) is 0. The summed E-state index contributed by atoms with van der Waals surface area (Å²) in [6.45, 7) is 4.01. The quantitative estimate of drug-likeness (QED) is 0.712. The average molecular weight is 250 g/mol. The lowest BCUT2D eigenvalue weighted by atomic mass is 10.1. The first-order chi connectivity index (χ1) is 8.54. The first kappa shape index (κ1) is 14.2. The fraction of sp³-hybridized carbons (Fsp3) is 0.385. The number of rotatable bonds is 4. The lowest BCUT2D eigenvalue weighted by Gasteiger charge is -2.17. The Morgan fingerprint density at radius 3 is 2.28 bits per heavy atom. The van der Waals surface area contributed by atoms with E-state index in [-0.39, 0.29) is 11.9 Å². The highest BCUT2D eigenvalue weighted by atomic mass is 16.2. The van der Waals surface area contributed by atoms with Gasteiger partial charge in [0.25, 0.3) is 5.91 Å². The molecule has 1 rings (SSSR count). The van der Waals surface area contributed by atoms with Crippen molar-refractivity contribution < 1.29 is 14.9 Å². The van der Waals surface area contributed by atoms with E-state index < -0.39 is 12.1 Å². The zero-order chi connectivity index (χ0) is 13.5. The van der Waals surface area contributed by atoms with Gasteiger partial charge < -0.3 is 10.6 Å². The van der Waals surface area contributed by atoms with Gasteiger partial charge in [0.1, 0.15) is 0 Å². The van der Waals surface area contributed by atoms with Gasteiger partial charge in [0.15, 0.2) is 6.04 Å². The summed E-state index contributed by atoms with van der Waals surface area (Å²) in [7, 11) is 1.48. The minimum absolute atomic E-state index is 0.255. The topological polar surface area (TPSA) is 74.8 Å². The maximum Gasteiger partial charge on any atom is 0.321 e. The van der Waals surface area contributed by atoms with E-state index in [2.05, 4.69) is 10.6 Å². The number of nitrogens with one attached hydrogen (secondary N) is 2. The van der Waals surface area contributed by atoms with Gasteiger partial charge in [0, 0.05) is 12.6 Å². The second-order valence-electron chi connectivity index (χ2n) is 4.39. The number of quaternary nitrogens is 1. The van der Waals surface area contributed by atoms with Crippen molar-refractivity contribution >= 4 is 11.9 Å². The maximum atomic E-state index is 12.0. The molecule has 0 aliphatic carbocycles. The van der Waals surface area contributed by atoms with E-state index in [4.69, 9.17) is 0 Å². The van der Waals surface area contributed by atoms with Crippen LogP contribution in [0, 0.1) is 0 Å². The third-order valence-electron chi connectivity index (χ3n) is 2.48. The predicted molar refractivity (Wildman–Crippen MR) is 68.8 cm³/mol. The Kier molecular flexibility index (Phi) is 5.32. The van der Waals surface area contributed by atoms with Crippen molar-refractivity contribution in [3.05, 3.63) is 35.9 Å². The smallest absolute Gasteiger partial charge is 0.321 e. The Bertz CT molecular complexity index is 404. The number of hydrogen-bond donors (Lipinski definition) is 3. The van der Waals surface area contributed by atoms with E-state index in [1.54, 1.807) is 0 Å². The molecular formula is C13H20N3O2+. The molecule has 5 heteroatoms. The Morgan fingerprint density at radius 1 is 1.17 bits per heavy atom. The van der Waals surface area contributed by atoms with Gasteiger partial charge in [-0.05, 0) is 13.8 Å². The Labute approximate surface area is 107 Å². The van der Waals surface area contributed by atoms with Crippen LogP contribution in [0.25, 0.3) is 0 Å². The van der Waals surface area contributed by atoms with Crippen LogP contribution < -0.4 is 16.0 Å². The van der Waals surface area contributed by atoms with E-state index in [1.165, 1.54) is 7.05 Å². The van der Waals surface area contributed by atoms with E-state index >= 15 is 0 Å². The van der Waals surface area contributed by atoms with Crippen LogP contribution in [0.15, 0.2) is 30.3 Å². The largest absolute Gasteiger partial charge is 0.341 e. The summed E-state index contributed by atoms with van der Waals surface area (Å²) in [4.78, 5) is 23.2. The Balaban J connectivity index is 2.85. The van der Waals surface area contributed by atoms with E-state index in [0.29, 0.717) is 0 Å². The molecule has 98 valence electrons. The highest BCUT2D eigenvalue weighted by Gasteiger charge is 2.26. The third kappa shape index (κ3) is 4.18. The summed E-state index contributed by atoms with van der Waals surface area (Å²) < 4.78 is 0. The van der Waals surface area contributed by atoms with Gasteiger partial charge in [0.2, 0.25) is 0 Å². The summed E-state index contributed by atoms with van der Waals surface area (Å²) >= 11 is 0. The minimum atomic E-state index is -0.488. The highest BCUT2D eigenvalue weighted by Crippen LogP contribution is 2.08. The molecule has 0 bridgehead atoms. The Hall–Kier alpha value is -1.88.